The number of hydrogen-bond donors (Lipinski definition) is 4. The Hall–Kier alpha value is -1.15. The molecule has 0 aliphatic rings. The molecular weight excluding hydrogens is 244 g/mol. The van der Waals surface area contributed by atoms with Crippen LogP contribution in [0.5, 0.6) is 0 Å². The van der Waals surface area contributed by atoms with Gasteiger partial charge in [0.2, 0.25) is 0 Å². The maximum atomic E-state index is 10.8. The molecular formula is C10H16N2O4S. The largest absolute Gasteiger partial charge is 0.395 e. The van der Waals surface area contributed by atoms with Gasteiger partial charge in [-0.05, 0) is 24.3 Å². The van der Waals surface area contributed by atoms with Crippen molar-refractivity contribution in [2.45, 2.75) is 4.90 Å². The minimum atomic E-state index is -4.12. The van der Waals surface area contributed by atoms with Crippen molar-refractivity contribution in [3.8, 4) is 0 Å². The molecule has 0 unspecified atom stereocenters. The Morgan fingerprint density at radius 2 is 1.71 bits per heavy atom. The molecule has 6 nitrogen and oxygen atoms in total. The highest BCUT2D eigenvalue weighted by molar-refractivity contribution is 7.85. The van der Waals surface area contributed by atoms with Crippen molar-refractivity contribution in [3.05, 3.63) is 24.3 Å². The zero-order valence-electron chi connectivity index (χ0n) is 9.26. The zero-order chi connectivity index (χ0) is 12.7. The van der Waals surface area contributed by atoms with Gasteiger partial charge in [-0.2, -0.15) is 8.42 Å². The molecule has 1 aromatic rings. The van der Waals surface area contributed by atoms with Crippen LogP contribution >= 0.6 is 0 Å². The number of anilines is 1. The second kappa shape index (κ2) is 6.55. The molecule has 0 bridgehead atoms. The number of aliphatic hydroxyl groups is 1. The van der Waals surface area contributed by atoms with Crippen LogP contribution in [0.2, 0.25) is 0 Å². The van der Waals surface area contributed by atoms with Crippen LogP contribution in [0.1, 0.15) is 0 Å². The fourth-order valence-electron chi connectivity index (χ4n) is 1.24. The first-order chi connectivity index (χ1) is 8.04. The van der Waals surface area contributed by atoms with Crippen LogP contribution < -0.4 is 10.6 Å². The Morgan fingerprint density at radius 1 is 1.06 bits per heavy atom. The van der Waals surface area contributed by atoms with Gasteiger partial charge in [-0.15, -0.1) is 0 Å². The van der Waals surface area contributed by atoms with Gasteiger partial charge in [-0.25, -0.2) is 0 Å². The summed E-state index contributed by atoms with van der Waals surface area (Å²) in [6.45, 7) is 2.00. The first-order valence-electron chi connectivity index (χ1n) is 5.17. The molecule has 0 atom stereocenters. The lowest BCUT2D eigenvalue weighted by molar-refractivity contribution is 0.293. The van der Waals surface area contributed by atoms with Gasteiger partial charge in [0.05, 0.1) is 11.5 Å². The summed E-state index contributed by atoms with van der Waals surface area (Å²) >= 11 is 0. The third kappa shape index (κ3) is 5.14. The molecule has 7 heteroatoms. The summed E-state index contributed by atoms with van der Waals surface area (Å²) in [6, 6.07) is 5.82. The molecule has 0 aliphatic carbocycles. The highest BCUT2D eigenvalue weighted by atomic mass is 32.2. The molecule has 0 aliphatic heterocycles. The van der Waals surface area contributed by atoms with Crippen LogP contribution in [-0.2, 0) is 10.1 Å². The van der Waals surface area contributed by atoms with Gasteiger partial charge in [0.25, 0.3) is 10.1 Å². The monoisotopic (exact) mass is 260 g/mol. The molecule has 96 valence electrons. The van der Waals surface area contributed by atoms with Crippen molar-refractivity contribution in [2.24, 2.45) is 0 Å². The summed E-state index contributed by atoms with van der Waals surface area (Å²) in [7, 11) is -4.12. The van der Waals surface area contributed by atoms with E-state index >= 15 is 0 Å². The summed E-state index contributed by atoms with van der Waals surface area (Å²) in [4.78, 5) is -0.124. The van der Waals surface area contributed by atoms with Gasteiger partial charge >= 0.3 is 0 Å². The lowest BCUT2D eigenvalue weighted by atomic mass is 10.3. The van der Waals surface area contributed by atoms with Crippen molar-refractivity contribution >= 4 is 15.8 Å². The van der Waals surface area contributed by atoms with Crippen molar-refractivity contribution in [2.75, 3.05) is 31.6 Å². The summed E-state index contributed by atoms with van der Waals surface area (Å²) in [5, 5.41) is 14.6. The molecule has 0 spiro atoms. The quantitative estimate of drug-likeness (QED) is 0.404. The van der Waals surface area contributed by atoms with Gasteiger partial charge in [0, 0.05) is 25.3 Å². The summed E-state index contributed by atoms with van der Waals surface area (Å²) in [6.07, 6.45) is 0. The third-order valence-electron chi connectivity index (χ3n) is 2.07. The minimum absolute atomic E-state index is 0.100. The number of hydrogen-bond acceptors (Lipinski definition) is 5. The van der Waals surface area contributed by atoms with Crippen LogP contribution in [-0.4, -0.2) is 44.3 Å². The Morgan fingerprint density at radius 3 is 2.24 bits per heavy atom. The highest BCUT2D eigenvalue weighted by Gasteiger charge is 2.07. The van der Waals surface area contributed by atoms with Crippen LogP contribution in [0.4, 0.5) is 5.69 Å². The lowest BCUT2D eigenvalue weighted by Gasteiger charge is -2.07. The molecule has 4 N–H and O–H groups in total. The van der Waals surface area contributed by atoms with Crippen molar-refractivity contribution < 1.29 is 18.1 Å². The van der Waals surface area contributed by atoms with E-state index in [2.05, 4.69) is 10.6 Å². The smallest absolute Gasteiger partial charge is 0.294 e. The summed E-state index contributed by atoms with van der Waals surface area (Å²) < 4.78 is 30.3. The van der Waals surface area contributed by atoms with Gasteiger partial charge in [-0.3, -0.25) is 4.55 Å². The predicted octanol–water partition coefficient (Wildman–Crippen LogP) is -0.0729. The van der Waals surface area contributed by atoms with Crippen molar-refractivity contribution in [1.29, 1.82) is 0 Å². The lowest BCUT2D eigenvalue weighted by Crippen LogP contribution is -2.24. The first kappa shape index (κ1) is 13.9. The molecule has 1 rings (SSSR count). The maximum Gasteiger partial charge on any atom is 0.294 e. The van der Waals surface area contributed by atoms with E-state index in [0.29, 0.717) is 19.6 Å². The number of rotatable bonds is 7. The SMILES string of the molecule is O=S(=O)(O)c1ccc(NCCNCCO)cc1. The number of nitrogens with one attached hydrogen (secondary N) is 2. The van der Waals surface area contributed by atoms with Gasteiger partial charge in [0.1, 0.15) is 0 Å². The molecule has 0 amide bonds. The van der Waals surface area contributed by atoms with Gasteiger partial charge in [-0.1, -0.05) is 0 Å². The van der Waals surface area contributed by atoms with E-state index in [1.54, 1.807) is 12.1 Å². The highest BCUT2D eigenvalue weighted by Crippen LogP contribution is 2.13. The topological polar surface area (TPSA) is 98.7 Å². The van der Waals surface area contributed by atoms with Crippen molar-refractivity contribution in [1.82, 2.24) is 5.32 Å². The molecule has 17 heavy (non-hydrogen) atoms. The van der Waals surface area contributed by atoms with E-state index in [1.807, 2.05) is 0 Å². The zero-order valence-corrected chi connectivity index (χ0v) is 10.1. The van der Waals surface area contributed by atoms with Crippen LogP contribution in [0.15, 0.2) is 29.2 Å². The summed E-state index contributed by atoms with van der Waals surface area (Å²) in [5.74, 6) is 0. The Labute approximate surface area is 100 Å². The van der Waals surface area contributed by atoms with E-state index < -0.39 is 10.1 Å². The molecule has 0 saturated heterocycles. The molecule has 0 radical (unpaired) electrons. The maximum absolute atomic E-state index is 10.8. The van der Waals surface area contributed by atoms with E-state index in [1.165, 1.54) is 12.1 Å². The first-order valence-corrected chi connectivity index (χ1v) is 6.61. The van der Waals surface area contributed by atoms with Crippen LogP contribution in [0.25, 0.3) is 0 Å². The normalized spacial score (nSPS) is 11.4. The molecule has 0 heterocycles. The van der Waals surface area contributed by atoms with E-state index in [9.17, 15) is 8.42 Å². The fourth-order valence-corrected chi connectivity index (χ4v) is 1.72. The van der Waals surface area contributed by atoms with Crippen molar-refractivity contribution in [3.63, 3.8) is 0 Å². The molecule has 1 aromatic carbocycles. The average Bonchev–Trinajstić information content (AvgIpc) is 2.28. The van der Waals surface area contributed by atoms with E-state index in [0.717, 1.165) is 5.69 Å². The van der Waals surface area contributed by atoms with Crippen LogP contribution in [0, 0.1) is 0 Å². The summed E-state index contributed by atoms with van der Waals surface area (Å²) in [5.41, 5.74) is 0.767. The van der Waals surface area contributed by atoms with Crippen LogP contribution in [0.3, 0.4) is 0 Å². The Balaban J connectivity index is 2.41. The van der Waals surface area contributed by atoms with E-state index in [-0.39, 0.29) is 11.5 Å². The number of aliphatic hydroxyl groups excluding tert-OH is 1. The molecule has 0 saturated carbocycles. The second-order valence-electron chi connectivity index (χ2n) is 3.40. The minimum Gasteiger partial charge on any atom is -0.395 e. The molecule has 0 aromatic heterocycles. The Bertz CT molecular complexity index is 430. The van der Waals surface area contributed by atoms with E-state index in [4.69, 9.17) is 9.66 Å². The standard InChI is InChI=1S/C10H16N2O4S/c13-8-7-11-5-6-12-9-1-3-10(4-2-9)17(14,15)16/h1-4,11-13H,5-8H2,(H,14,15,16). The Kier molecular flexibility index (Phi) is 5.36. The predicted molar refractivity (Wildman–Crippen MR) is 64.7 cm³/mol. The fraction of sp³-hybridized carbons (Fsp3) is 0.400. The average molecular weight is 260 g/mol. The third-order valence-corrected chi connectivity index (χ3v) is 2.94. The number of benzene rings is 1. The second-order valence-corrected chi connectivity index (χ2v) is 4.82. The van der Waals surface area contributed by atoms with Gasteiger partial charge < -0.3 is 15.7 Å². The van der Waals surface area contributed by atoms with Gasteiger partial charge in [0.15, 0.2) is 0 Å². The molecule has 0 fully saturated rings.